The molecule has 216 valence electrons. The number of carbonyl (C=O) groups excluding carboxylic acids is 2. The number of hydrogen-bond acceptors (Lipinski definition) is 11. The van der Waals surface area contributed by atoms with Crippen molar-refractivity contribution in [3.05, 3.63) is 0 Å². The number of carboxylic acids is 6. The molecule has 0 radical (unpaired) electrons. The van der Waals surface area contributed by atoms with Crippen LogP contribution in [0.3, 0.4) is 0 Å². The first-order valence-electron chi connectivity index (χ1n) is 10.2. The molecule has 37 heavy (non-hydrogen) atoms. The van der Waals surface area contributed by atoms with Crippen LogP contribution >= 0.6 is 0 Å². The smallest absolute Gasteiger partial charge is 0.336 e. The Morgan fingerprint density at radius 2 is 1.32 bits per heavy atom. The molecule has 0 bridgehead atoms. The Hall–Kier alpha value is -3.83. The summed E-state index contributed by atoms with van der Waals surface area (Å²) in [5, 5.41) is 67.5. The van der Waals surface area contributed by atoms with Gasteiger partial charge in [-0.25, -0.2) is 9.59 Å². The predicted octanol–water partition coefficient (Wildman–Crippen LogP) is -2.94. The minimum absolute atomic E-state index is 0.0606. The Labute approximate surface area is 211 Å². The highest BCUT2D eigenvalue weighted by Gasteiger charge is 2.41. The van der Waals surface area contributed by atoms with Crippen LogP contribution < -0.4 is 5.11 Å². The number of aliphatic carboxylic acids is 6. The summed E-state index contributed by atoms with van der Waals surface area (Å²) in [6, 6.07) is 0. The third-order valence-electron chi connectivity index (χ3n) is 3.27. The van der Waals surface area contributed by atoms with Crippen molar-refractivity contribution in [2.24, 2.45) is 0 Å². The molecule has 17 nitrogen and oxygen atoms in total. The molecule has 0 heterocycles. The maximum Gasteiger partial charge on any atom is 0.336 e. The average molecular weight is 545 g/mol. The minimum Gasteiger partial charge on any atom is -0.550 e. The molecule has 0 aliphatic carbocycles. The predicted molar refractivity (Wildman–Crippen MR) is 118 cm³/mol. The number of rotatable bonds is 12. The summed E-state index contributed by atoms with van der Waals surface area (Å²) in [7, 11) is 5.64. The maximum absolute atomic E-state index is 11.4. The highest BCUT2D eigenvalue weighted by atomic mass is 16.5. The topological polar surface area (TPSA) is 293 Å². The van der Waals surface area contributed by atoms with Crippen LogP contribution in [0.15, 0.2) is 0 Å². The summed E-state index contributed by atoms with van der Waals surface area (Å²) in [5.41, 5.74) is -2.64. The molecule has 7 N–H and O–H groups in total. The Morgan fingerprint density at radius 1 is 0.892 bits per heavy atom. The minimum atomic E-state index is -2.64. The van der Waals surface area contributed by atoms with Crippen LogP contribution in [0.2, 0.25) is 0 Å². The summed E-state index contributed by atoms with van der Waals surface area (Å²) in [4.78, 5) is 70.0. The number of carbonyl (C=O) groups is 7. The van der Waals surface area contributed by atoms with E-state index in [0.717, 1.165) is 6.92 Å². The van der Waals surface area contributed by atoms with Crippen molar-refractivity contribution in [3.8, 4) is 0 Å². The molecule has 0 saturated heterocycles. The number of carboxylic acid groups (broad SMARTS) is 6. The molecule has 0 aromatic carbocycles. The first-order valence-corrected chi connectivity index (χ1v) is 10.2. The fourth-order valence-electron chi connectivity index (χ4n) is 1.49. The lowest BCUT2D eigenvalue weighted by atomic mass is 9.96. The van der Waals surface area contributed by atoms with Gasteiger partial charge in [-0.3, -0.25) is 19.2 Å². The van der Waals surface area contributed by atoms with Gasteiger partial charge in [0.1, 0.15) is 13.2 Å². The normalized spacial score (nSPS) is 12.2. The number of hydrogen-bond donors (Lipinski definition) is 7. The van der Waals surface area contributed by atoms with Crippen LogP contribution in [0.25, 0.3) is 0 Å². The van der Waals surface area contributed by atoms with E-state index in [1.54, 1.807) is 6.92 Å². The zero-order valence-electron chi connectivity index (χ0n) is 21.1. The molecule has 0 rings (SSSR count). The van der Waals surface area contributed by atoms with E-state index in [4.69, 9.17) is 40.2 Å². The molecule has 0 spiro atoms. The SMILES string of the molecule is CC(=O)O.CCC(O)C(=O)O.C[N+](C)(C)CCOC(=O)CC(O)(CC(=O)O)C(=O)O.O=C([O-])CC(=O)O. The third kappa shape index (κ3) is 34.4. The largest absolute Gasteiger partial charge is 0.550 e. The second kappa shape index (κ2) is 20.4. The molecular weight excluding hydrogens is 510 g/mol. The fourth-order valence-corrected chi connectivity index (χ4v) is 1.49. The van der Waals surface area contributed by atoms with E-state index < -0.39 is 72.8 Å². The van der Waals surface area contributed by atoms with Crippen LogP contribution in [0, 0.1) is 0 Å². The molecule has 0 amide bonds. The summed E-state index contributed by atoms with van der Waals surface area (Å²) in [6.07, 6.45) is -3.78. The third-order valence-corrected chi connectivity index (χ3v) is 3.27. The number of aliphatic hydroxyl groups excluding tert-OH is 1. The van der Waals surface area contributed by atoms with Crippen molar-refractivity contribution >= 4 is 41.8 Å². The van der Waals surface area contributed by atoms with Gasteiger partial charge in [0.15, 0.2) is 11.7 Å². The number of aliphatic hydroxyl groups is 2. The quantitative estimate of drug-likeness (QED) is 0.0732. The van der Waals surface area contributed by atoms with Gasteiger partial charge in [-0.15, -0.1) is 0 Å². The molecule has 0 aliphatic heterocycles. The molecular formula is C20H35NO16. The van der Waals surface area contributed by atoms with E-state index >= 15 is 0 Å². The fraction of sp³-hybridized carbons (Fsp3) is 0.650. The van der Waals surface area contributed by atoms with Gasteiger partial charge in [0, 0.05) is 6.92 Å². The van der Waals surface area contributed by atoms with Crippen LogP contribution in [-0.2, 0) is 38.3 Å². The molecule has 0 fully saturated rings. The maximum atomic E-state index is 11.4. The zero-order chi connectivity index (χ0) is 30.6. The van der Waals surface area contributed by atoms with Gasteiger partial charge < -0.3 is 54.9 Å². The summed E-state index contributed by atoms with van der Waals surface area (Å²) in [5.74, 6) is -9.14. The van der Waals surface area contributed by atoms with Gasteiger partial charge in [-0.1, -0.05) is 6.92 Å². The van der Waals surface area contributed by atoms with E-state index in [1.165, 1.54) is 0 Å². The Kier molecular flexibility index (Phi) is 22.2. The monoisotopic (exact) mass is 545 g/mol. The Bertz CT molecular complexity index is 757. The molecule has 0 saturated carbocycles. The highest BCUT2D eigenvalue weighted by Crippen LogP contribution is 2.17. The Morgan fingerprint density at radius 3 is 1.51 bits per heavy atom. The van der Waals surface area contributed by atoms with Crippen molar-refractivity contribution in [3.63, 3.8) is 0 Å². The number of quaternary nitrogens is 1. The second-order valence-corrected chi connectivity index (χ2v) is 8.04. The van der Waals surface area contributed by atoms with Gasteiger partial charge in [0.25, 0.3) is 5.97 Å². The van der Waals surface area contributed by atoms with Gasteiger partial charge in [0.05, 0.1) is 46.4 Å². The van der Waals surface area contributed by atoms with Gasteiger partial charge in [0.2, 0.25) is 0 Å². The van der Waals surface area contributed by atoms with E-state index in [-0.39, 0.29) is 13.0 Å². The average Bonchev–Trinajstić information content (AvgIpc) is 2.64. The number of likely N-dealkylation sites (N-methyl/N-ethyl adjacent to an activating group) is 1. The number of esters is 1. The van der Waals surface area contributed by atoms with Gasteiger partial charge in [-0.2, -0.15) is 0 Å². The molecule has 2 unspecified atom stereocenters. The lowest BCUT2D eigenvalue weighted by Crippen LogP contribution is -2.43. The summed E-state index contributed by atoms with van der Waals surface area (Å²) in [6.45, 7) is 3.26. The van der Waals surface area contributed by atoms with E-state index in [2.05, 4.69) is 0 Å². The van der Waals surface area contributed by atoms with Crippen molar-refractivity contribution < 1.29 is 83.6 Å². The summed E-state index contributed by atoms with van der Waals surface area (Å²) >= 11 is 0. The zero-order valence-corrected chi connectivity index (χ0v) is 21.1. The van der Waals surface area contributed by atoms with Gasteiger partial charge in [-0.05, 0) is 6.42 Å². The van der Waals surface area contributed by atoms with Crippen molar-refractivity contribution in [1.29, 1.82) is 0 Å². The number of ether oxygens (including phenoxy) is 1. The second-order valence-electron chi connectivity index (χ2n) is 8.04. The number of nitrogens with zero attached hydrogens (tertiary/aromatic N) is 1. The lowest BCUT2D eigenvalue weighted by Gasteiger charge is -2.24. The van der Waals surface area contributed by atoms with Crippen molar-refractivity contribution in [2.45, 2.75) is 51.2 Å². The van der Waals surface area contributed by atoms with E-state index in [0.29, 0.717) is 11.0 Å². The standard InChI is InChI=1S/C11H19NO7.C4H8O3.C3H4O4.C2H4O2/c1-12(2,3)4-5-19-9(15)7-11(18,10(16)17)6-8(13)14;1-2-3(5)4(6)7;4-2(5)1-3(6)7;1-2(3)4/h18H,4-7H2,1-3H3,(H-,13,14,16,17);3,5H,2H2,1H3,(H,6,7);1H2,(H,4,5)(H,6,7);1H3,(H,3,4). The van der Waals surface area contributed by atoms with Gasteiger partial charge >= 0.3 is 29.8 Å². The van der Waals surface area contributed by atoms with E-state index in [1.807, 2.05) is 21.1 Å². The highest BCUT2D eigenvalue weighted by molar-refractivity contribution is 5.88. The lowest BCUT2D eigenvalue weighted by molar-refractivity contribution is -0.870. The molecule has 0 aromatic rings. The molecule has 2 atom stereocenters. The van der Waals surface area contributed by atoms with Crippen LogP contribution in [0.5, 0.6) is 0 Å². The van der Waals surface area contributed by atoms with Crippen LogP contribution in [-0.4, -0.2) is 128 Å². The van der Waals surface area contributed by atoms with E-state index in [9.17, 15) is 39.0 Å². The molecule has 17 heteroatoms. The van der Waals surface area contributed by atoms with Crippen molar-refractivity contribution in [2.75, 3.05) is 34.3 Å². The molecule has 0 aromatic heterocycles. The Balaban J connectivity index is -0.000000246. The van der Waals surface area contributed by atoms with Crippen LogP contribution in [0.4, 0.5) is 0 Å². The van der Waals surface area contributed by atoms with Crippen LogP contribution in [0.1, 0.15) is 39.5 Å². The first-order chi connectivity index (χ1) is 16.5. The summed E-state index contributed by atoms with van der Waals surface area (Å²) < 4.78 is 5.32. The van der Waals surface area contributed by atoms with Crippen molar-refractivity contribution in [1.82, 2.24) is 0 Å². The molecule has 0 aliphatic rings. The first kappa shape index (κ1) is 40.3.